The highest BCUT2D eigenvalue weighted by Gasteiger charge is 2.41. The van der Waals surface area contributed by atoms with E-state index < -0.39 is 10.3 Å². The minimum absolute atomic E-state index is 0.0322. The van der Waals surface area contributed by atoms with Gasteiger partial charge in [0, 0.05) is 58.5 Å². The number of methoxy groups -OCH3 is 2. The number of carbonyl (C=O) groups excluding carboxylic acids is 1. The summed E-state index contributed by atoms with van der Waals surface area (Å²) >= 11 is 0. The zero-order valence-corrected chi connectivity index (χ0v) is 30.3. The van der Waals surface area contributed by atoms with Gasteiger partial charge in [0.25, 0.3) is 0 Å². The summed E-state index contributed by atoms with van der Waals surface area (Å²) in [4.78, 5) is 20.4. The van der Waals surface area contributed by atoms with Crippen LogP contribution in [0.2, 0.25) is 0 Å². The molecule has 0 N–H and O–H groups in total. The summed E-state index contributed by atoms with van der Waals surface area (Å²) in [6.45, 7) is 9.00. The normalized spacial score (nSPS) is 20.1. The first kappa shape index (κ1) is 35.3. The van der Waals surface area contributed by atoms with Crippen molar-refractivity contribution in [1.82, 2.24) is 9.80 Å². The van der Waals surface area contributed by atoms with Crippen molar-refractivity contribution in [2.45, 2.75) is 105 Å². The minimum atomic E-state index is -1.51. The van der Waals surface area contributed by atoms with Crippen LogP contribution in [0.4, 0.5) is 0 Å². The Morgan fingerprint density at radius 2 is 1.43 bits per heavy atom. The van der Waals surface area contributed by atoms with Crippen LogP contribution in [0.1, 0.15) is 77.7 Å². The van der Waals surface area contributed by atoms with Gasteiger partial charge in [-0.2, -0.15) is 0 Å². The second kappa shape index (κ2) is 15.9. The fourth-order valence-electron chi connectivity index (χ4n) is 7.66. The lowest BCUT2D eigenvalue weighted by Crippen LogP contribution is -2.52. The number of rotatable bonds is 10. The van der Waals surface area contributed by atoms with Gasteiger partial charge in [0.1, 0.15) is 11.5 Å². The molecule has 3 aromatic carbocycles. The Labute approximate surface area is 285 Å². The van der Waals surface area contributed by atoms with Gasteiger partial charge >= 0.3 is 0 Å². The van der Waals surface area contributed by atoms with E-state index in [9.17, 15) is 4.79 Å². The van der Waals surface area contributed by atoms with E-state index in [0.29, 0.717) is 24.5 Å². The summed E-state index contributed by atoms with van der Waals surface area (Å²) in [6.07, 6.45) is 9.99. The SMILES string of the molecule is COS(c1ccccc1)(c1ccccc1)C(C)(C)C.COc1ccc(CN(CC(=O)N2CCCC3CCCCC32)C2CC2)c(OC)c1. The monoisotopic (exact) mass is 660 g/mol. The van der Waals surface area contributed by atoms with E-state index in [4.69, 9.17) is 13.7 Å². The standard InChI is InChI=1S/C23H34N2O3.C17H22OS/c1-27-20-12-9-18(22(14-20)28-2)15-24(19-10-11-19)16-23(26)25-13-5-7-17-6-3-4-8-21(17)25;1-17(2,3)19(18-4,15-11-7-5-8-12-15)16-13-9-6-10-14-16/h9,12,14,17,19,21H,3-8,10-11,13,15-16H2,1-2H3;5-14H,1-4H3. The van der Waals surface area contributed by atoms with Gasteiger partial charge in [0.2, 0.25) is 5.91 Å². The predicted molar refractivity (Wildman–Crippen MR) is 193 cm³/mol. The average molecular weight is 661 g/mol. The number of ether oxygens (including phenoxy) is 2. The van der Waals surface area contributed by atoms with Crippen LogP contribution in [0.5, 0.6) is 11.5 Å². The maximum absolute atomic E-state index is 13.3. The molecule has 3 aromatic rings. The van der Waals surface area contributed by atoms with Gasteiger partial charge < -0.3 is 18.6 Å². The van der Waals surface area contributed by atoms with Crippen LogP contribution >= 0.6 is 10.3 Å². The molecular weight excluding hydrogens is 605 g/mol. The quantitative estimate of drug-likeness (QED) is 0.217. The van der Waals surface area contributed by atoms with E-state index in [2.05, 4.69) is 97.3 Å². The Kier molecular flexibility index (Phi) is 12.0. The number of nitrogens with zero attached hydrogens (tertiary/aromatic N) is 2. The van der Waals surface area contributed by atoms with Crippen molar-refractivity contribution >= 4 is 16.2 Å². The highest BCUT2D eigenvalue weighted by molar-refractivity contribution is 8.31. The molecule has 1 aliphatic heterocycles. The molecule has 2 atom stereocenters. The van der Waals surface area contributed by atoms with Crippen molar-refractivity contribution in [2.24, 2.45) is 5.92 Å². The smallest absolute Gasteiger partial charge is 0.237 e. The van der Waals surface area contributed by atoms with E-state index in [1.54, 1.807) is 14.2 Å². The van der Waals surface area contributed by atoms with Gasteiger partial charge in [-0.15, -0.1) is 0 Å². The number of amides is 1. The fraction of sp³-hybridized carbons (Fsp3) is 0.525. The first-order valence-electron chi connectivity index (χ1n) is 17.4. The number of likely N-dealkylation sites (tertiary alicyclic amines) is 1. The van der Waals surface area contributed by atoms with Crippen molar-refractivity contribution in [3.8, 4) is 11.5 Å². The van der Waals surface area contributed by atoms with Gasteiger partial charge in [0.05, 0.1) is 20.8 Å². The number of hydrogen-bond donors (Lipinski definition) is 0. The van der Waals surface area contributed by atoms with Crippen LogP contribution in [0.3, 0.4) is 0 Å². The third-order valence-corrected chi connectivity index (χ3v) is 14.2. The number of fused-ring (bicyclic) bond motifs is 1. The zero-order valence-electron chi connectivity index (χ0n) is 29.5. The van der Waals surface area contributed by atoms with Crippen molar-refractivity contribution in [1.29, 1.82) is 0 Å². The third kappa shape index (κ3) is 8.18. The van der Waals surface area contributed by atoms with Gasteiger partial charge in [-0.05, 0) is 95.5 Å². The van der Waals surface area contributed by atoms with E-state index in [-0.39, 0.29) is 4.75 Å². The predicted octanol–water partition coefficient (Wildman–Crippen LogP) is 9.12. The molecule has 6 rings (SSSR count). The van der Waals surface area contributed by atoms with Crippen molar-refractivity contribution < 1.29 is 18.5 Å². The molecule has 0 bridgehead atoms. The summed E-state index contributed by atoms with van der Waals surface area (Å²) in [5.74, 6) is 2.70. The van der Waals surface area contributed by atoms with Crippen molar-refractivity contribution in [3.05, 3.63) is 84.4 Å². The Bertz CT molecular complexity index is 1380. The Balaban J connectivity index is 0.000000199. The molecule has 2 aliphatic carbocycles. The summed E-state index contributed by atoms with van der Waals surface area (Å²) < 4.78 is 17.1. The molecule has 0 aromatic heterocycles. The molecule has 3 aliphatic rings. The highest BCUT2D eigenvalue weighted by Crippen LogP contribution is 2.70. The molecule has 2 unspecified atom stereocenters. The molecule has 0 radical (unpaired) electrons. The summed E-state index contributed by atoms with van der Waals surface area (Å²) in [5, 5.41) is 0. The Morgan fingerprint density at radius 1 is 0.809 bits per heavy atom. The second-order valence-corrected chi connectivity index (χ2v) is 17.7. The molecule has 3 fully saturated rings. The van der Waals surface area contributed by atoms with Gasteiger partial charge in [-0.25, -0.2) is 0 Å². The topological polar surface area (TPSA) is 51.2 Å². The largest absolute Gasteiger partial charge is 0.497 e. The maximum atomic E-state index is 13.3. The highest BCUT2D eigenvalue weighted by atomic mass is 32.3. The van der Waals surface area contributed by atoms with E-state index in [0.717, 1.165) is 36.1 Å². The Hall–Kier alpha value is -3.00. The lowest BCUT2D eigenvalue weighted by molar-refractivity contribution is -0.139. The fourth-order valence-corrected chi connectivity index (χ4v) is 11.3. The lowest BCUT2D eigenvalue weighted by Gasteiger charge is -2.49. The summed E-state index contributed by atoms with van der Waals surface area (Å²) in [5.41, 5.74) is 1.12. The van der Waals surface area contributed by atoms with Crippen LogP contribution in [0, 0.1) is 5.92 Å². The summed E-state index contributed by atoms with van der Waals surface area (Å²) in [6, 6.07) is 28.2. The van der Waals surface area contributed by atoms with Crippen LogP contribution in [-0.2, 0) is 15.5 Å². The van der Waals surface area contributed by atoms with Gasteiger partial charge in [0.15, 0.2) is 0 Å². The molecule has 47 heavy (non-hydrogen) atoms. The van der Waals surface area contributed by atoms with Crippen LogP contribution < -0.4 is 9.47 Å². The van der Waals surface area contributed by atoms with E-state index in [1.807, 2.05) is 19.2 Å². The van der Waals surface area contributed by atoms with Gasteiger partial charge in [-0.3, -0.25) is 9.69 Å². The molecular formula is C40H56N2O4S. The van der Waals surface area contributed by atoms with Gasteiger partial charge in [-0.1, -0.05) is 65.6 Å². The molecule has 0 spiro atoms. The molecule has 1 heterocycles. The van der Waals surface area contributed by atoms with Crippen LogP contribution in [0.15, 0.2) is 88.7 Å². The van der Waals surface area contributed by atoms with E-state index >= 15 is 0 Å². The average Bonchev–Trinajstić information content (AvgIpc) is 3.95. The zero-order chi connectivity index (χ0) is 33.4. The second-order valence-electron chi connectivity index (χ2n) is 14.1. The van der Waals surface area contributed by atoms with Crippen LogP contribution in [-0.4, -0.2) is 67.0 Å². The number of carbonyl (C=O) groups is 1. The third-order valence-electron chi connectivity index (χ3n) is 10.1. The molecule has 7 heteroatoms. The number of piperidine rings is 1. The number of hydrogen-bond acceptors (Lipinski definition) is 5. The molecule has 1 saturated heterocycles. The first-order chi connectivity index (χ1) is 22.7. The van der Waals surface area contributed by atoms with Crippen LogP contribution in [0.25, 0.3) is 0 Å². The van der Waals surface area contributed by atoms with Crippen molar-refractivity contribution in [3.63, 3.8) is 0 Å². The molecule has 256 valence electrons. The molecule has 2 saturated carbocycles. The Morgan fingerprint density at radius 3 is 1.98 bits per heavy atom. The first-order valence-corrected chi connectivity index (χ1v) is 19.0. The maximum Gasteiger partial charge on any atom is 0.237 e. The molecule has 6 nitrogen and oxygen atoms in total. The minimum Gasteiger partial charge on any atom is -0.497 e. The van der Waals surface area contributed by atoms with E-state index in [1.165, 1.54) is 61.2 Å². The molecule has 1 amide bonds. The lowest BCUT2D eigenvalue weighted by atomic mass is 9.78. The number of benzene rings is 3. The summed E-state index contributed by atoms with van der Waals surface area (Å²) in [7, 11) is 3.69. The van der Waals surface area contributed by atoms with Crippen molar-refractivity contribution in [2.75, 3.05) is 34.4 Å².